The van der Waals surface area contributed by atoms with E-state index in [9.17, 15) is 13.2 Å². The summed E-state index contributed by atoms with van der Waals surface area (Å²) in [5, 5.41) is 8.51. The van der Waals surface area contributed by atoms with Gasteiger partial charge in [-0.05, 0) is 18.8 Å². The Bertz CT molecular complexity index is 344. The Morgan fingerprint density at radius 2 is 1.81 bits per heavy atom. The molecule has 1 aliphatic carbocycles. The van der Waals surface area contributed by atoms with E-state index in [0.717, 1.165) is 12.8 Å². The molecule has 0 amide bonds. The van der Waals surface area contributed by atoms with Crippen LogP contribution in [-0.4, -0.2) is 30.8 Å². The fraction of sp³-hybridized carbons (Fsp3) is 0.900. The maximum absolute atomic E-state index is 11.9. The number of aliphatic carboxylic acids is 1. The molecule has 16 heavy (non-hydrogen) atoms. The highest BCUT2D eigenvalue weighted by molar-refractivity contribution is 7.90. The quantitative estimate of drug-likeness (QED) is 0.760. The van der Waals surface area contributed by atoms with Crippen LogP contribution in [0.1, 0.15) is 39.5 Å². The summed E-state index contributed by atoms with van der Waals surface area (Å²) < 4.78 is 26.1. The first-order valence-electron chi connectivity index (χ1n) is 5.58. The van der Waals surface area contributed by atoms with Crippen molar-refractivity contribution in [3.05, 3.63) is 0 Å². The van der Waals surface area contributed by atoms with Crippen LogP contribution in [0.15, 0.2) is 0 Å². The molecule has 0 saturated heterocycles. The highest BCUT2D eigenvalue weighted by Crippen LogP contribution is 2.24. The van der Waals surface area contributed by atoms with Crippen molar-refractivity contribution in [2.75, 3.05) is 0 Å². The second kappa shape index (κ2) is 5.14. The van der Waals surface area contributed by atoms with Gasteiger partial charge in [-0.1, -0.05) is 26.7 Å². The van der Waals surface area contributed by atoms with Crippen LogP contribution < -0.4 is 4.72 Å². The van der Waals surface area contributed by atoms with Crippen molar-refractivity contribution in [3.63, 3.8) is 0 Å². The molecule has 1 aliphatic rings. The molecular weight excluding hydrogens is 230 g/mol. The lowest BCUT2D eigenvalue weighted by molar-refractivity contribution is -0.140. The molecule has 0 heterocycles. The Morgan fingerprint density at radius 3 is 2.19 bits per heavy atom. The predicted octanol–water partition coefficient (Wildman–Crippen LogP) is 0.958. The Kier molecular flexibility index (Phi) is 4.32. The van der Waals surface area contributed by atoms with E-state index in [2.05, 4.69) is 4.72 Å². The van der Waals surface area contributed by atoms with Gasteiger partial charge in [0.05, 0.1) is 5.25 Å². The smallest absolute Gasteiger partial charge is 0.321 e. The first-order chi connectivity index (χ1) is 7.34. The molecule has 6 heteroatoms. The highest BCUT2D eigenvalue weighted by Gasteiger charge is 2.33. The first-order valence-corrected chi connectivity index (χ1v) is 7.13. The van der Waals surface area contributed by atoms with Gasteiger partial charge in [-0.15, -0.1) is 0 Å². The van der Waals surface area contributed by atoms with E-state index in [4.69, 9.17) is 5.11 Å². The molecule has 1 unspecified atom stereocenters. The molecule has 1 atom stereocenters. The normalized spacial score (nSPS) is 20.2. The largest absolute Gasteiger partial charge is 0.480 e. The zero-order valence-electron chi connectivity index (χ0n) is 9.64. The fourth-order valence-electron chi connectivity index (χ4n) is 1.94. The second-order valence-corrected chi connectivity index (χ2v) is 6.62. The number of carbonyl (C=O) groups is 1. The van der Waals surface area contributed by atoms with Crippen molar-refractivity contribution in [3.8, 4) is 0 Å². The third-order valence-electron chi connectivity index (χ3n) is 2.96. The number of sulfonamides is 1. The molecule has 2 N–H and O–H groups in total. The summed E-state index contributed by atoms with van der Waals surface area (Å²) >= 11 is 0. The average Bonchev–Trinajstić information content (AvgIpc) is 2.66. The van der Waals surface area contributed by atoms with E-state index in [1.165, 1.54) is 0 Å². The maximum Gasteiger partial charge on any atom is 0.321 e. The third-order valence-corrected chi connectivity index (χ3v) is 4.90. The van der Waals surface area contributed by atoms with Gasteiger partial charge in [0.25, 0.3) is 0 Å². The maximum atomic E-state index is 11.9. The van der Waals surface area contributed by atoms with Gasteiger partial charge in [0, 0.05) is 0 Å². The van der Waals surface area contributed by atoms with Gasteiger partial charge >= 0.3 is 5.97 Å². The van der Waals surface area contributed by atoms with Gasteiger partial charge in [0.2, 0.25) is 10.0 Å². The minimum Gasteiger partial charge on any atom is -0.480 e. The lowest BCUT2D eigenvalue weighted by Gasteiger charge is -2.20. The van der Waals surface area contributed by atoms with E-state index in [1.807, 2.05) is 0 Å². The summed E-state index contributed by atoms with van der Waals surface area (Å²) in [5.41, 5.74) is 0. The van der Waals surface area contributed by atoms with Crippen LogP contribution in [0, 0.1) is 5.92 Å². The summed E-state index contributed by atoms with van der Waals surface area (Å²) in [5.74, 6) is -1.37. The number of carboxylic acids is 1. The Labute approximate surface area is 96.3 Å². The minimum atomic E-state index is -3.48. The Balaban J connectivity index is 2.73. The van der Waals surface area contributed by atoms with Crippen LogP contribution >= 0.6 is 0 Å². The van der Waals surface area contributed by atoms with Crippen LogP contribution in [0.3, 0.4) is 0 Å². The summed E-state index contributed by atoms with van der Waals surface area (Å²) in [6.45, 7) is 3.38. The van der Waals surface area contributed by atoms with Gasteiger partial charge in [0.1, 0.15) is 6.04 Å². The van der Waals surface area contributed by atoms with E-state index < -0.39 is 27.3 Å². The lowest BCUT2D eigenvalue weighted by atomic mass is 10.1. The van der Waals surface area contributed by atoms with Crippen LogP contribution in [0.2, 0.25) is 0 Å². The molecule has 0 bridgehead atoms. The van der Waals surface area contributed by atoms with Crippen molar-refractivity contribution in [1.82, 2.24) is 4.72 Å². The molecule has 1 saturated carbocycles. The van der Waals surface area contributed by atoms with Gasteiger partial charge in [0.15, 0.2) is 0 Å². The van der Waals surface area contributed by atoms with Gasteiger partial charge in [-0.25, -0.2) is 13.1 Å². The van der Waals surface area contributed by atoms with Gasteiger partial charge < -0.3 is 5.11 Å². The number of hydrogen-bond donors (Lipinski definition) is 2. The van der Waals surface area contributed by atoms with Crippen molar-refractivity contribution >= 4 is 16.0 Å². The topological polar surface area (TPSA) is 83.5 Å². The van der Waals surface area contributed by atoms with Crippen molar-refractivity contribution < 1.29 is 18.3 Å². The van der Waals surface area contributed by atoms with E-state index in [1.54, 1.807) is 13.8 Å². The predicted molar refractivity (Wildman–Crippen MR) is 60.6 cm³/mol. The lowest BCUT2D eigenvalue weighted by Crippen LogP contribution is -2.47. The van der Waals surface area contributed by atoms with Gasteiger partial charge in [-0.3, -0.25) is 4.79 Å². The van der Waals surface area contributed by atoms with Crippen molar-refractivity contribution in [2.24, 2.45) is 5.92 Å². The van der Waals surface area contributed by atoms with Crippen LogP contribution in [0.4, 0.5) is 0 Å². The molecule has 0 radical (unpaired) electrons. The highest BCUT2D eigenvalue weighted by atomic mass is 32.2. The Morgan fingerprint density at radius 1 is 1.31 bits per heavy atom. The zero-order chi connectivity index (χ0) is 12.3. The third kappa shape index (κ3) is 3.18. The molecular formula is C10H19NO4S. The standard InChI is InChI=1S/C10H19NO4S/c1-7(2)9(10(12)13)11-16(14,15)8-5-3-4-6-8/h7-9,11H,3-6H2,1-2H3,(H,12,13). The first kappa shape index (κ1) is 13.4. The molecule has 0 aromatic rings. The van der Waals surface area contributed by atoms with Gasteiger partial charge in [-0.2, -0.15) is 0 Å². The number of hydrogen-bond acceptors (Lipinski definition) is 3. The monoisotopic (exact) mass is 249 g/mol. The number of nitrogens with one attached hydrogen (secondary N) is 1. The Hall–Kier alpha value is -0.620. The molecule has 0 aromatic heterocycles. The fourth-order valence-corrected chi connectivity index (χ4v) is 3.82. The summed E-state index contributed by atoms with van der Waals surface area (Å²) in [6, 6.07) is -1.02. The summed E-state index contributed by atoms with van der Waals surface area (Å²) in [6.07, 6.45) is 3.09. The van der Waals surface area contributed by atoms with E-state index in [0.29, 0.717) is 12.8 Å². The number of carboxylic acid groups (broad SMARTS) is 1. The molecule has 94 valence electrons. The molecule has 5 nitrogen and oxygen atoms in total. The van der Waals surface area contributed by atoms with E-state index >= 15 is 0 Å². The number of rotatable bonds is 5. The summed E-state index contributed by atoms with van der Waals surface area (Å²) in [4.78, 5) is 10.9. The molecule has 1 fully saturated rings. The van der Waals surface area contributed by atoms with Crippen LogP contribution in [0.5, 0.6) is 0 Å². The van der Waals surface area contributed by atoms with Crippen molar-refractivity contribution in [1.29, 1.82) is 0 Å². The molecule has 0 spiro atoms. The summed E-state index contributed by atoms with van der Waals surface area (Å²) in [7, 11) is -3.48. The molecule has 0 aliphatic heterocycles. The van der Waals surface area contributed by atoms with Crippen LogP contribution in [-0.2, 0) is 14.8 Å². The zero-order valence-corrected chi connectivity index (χ0v) is 10.5. The second-order valence-electron chi connectivity index (χ2n) is 4.63. The molecule has 0 aromatic carbocycles. The molecule has 1 rings (SSSR count). The van der Waals surface area contributed by atoms with Crippen LogP contribution in [0.25, 0.3) is 0 Å². The average molecular weight is 249 g/mol. The van der Waals surface area contributed by atoms with Crippen molar-refractivity contribution in [2.45, 2.75) is 50.8 Å². The van der Waals surface area contributed by atoms with E-state index in [-0.39, 0.29) is 5.92 Å². The SMILES string of the molecule is CC(C)C(NS(=O)(=O)C1CCCC1)C(=O)O. The minimum absolute atomic E-state index is 0.256.